The van der Waals surface area contributed by atoms with Crippen LogP contribution in [0.1, 0.15) is 22.3 Å². The maximum Gasteiger partial charge on any atom is 0.339 e. The third kappa shape index (κ3) is 4.13. The molecule has 0 heterocycles. The van der Waals surface area contributed by atoms with Gasteiger partial charge in [-0.05, 0) is 30.5 Å². The number of anilines is 1. The largest absolute Gasteiger partial charge is 0.491 e. The first-order valence-corrected chi connectivity index (χ1v) is 6.95. The van der Waals surface area contributed by atoms with E-state index in [1.807, 2.05) is 30.3 Å². The predicted octanol–water partition coefficient (Wildman–Crippen LogP) is 3.63. The first kappa shape index (κ1) is 15.2. The van der Waals surface area contributed by atoms with Gasteiger partial charge in [0.15, 0.2) is 5.75 Å². The Balaban J connectivity index is 1.98. The van der Waals surface area contributed by atoms with Gasteiger partial charge in [0.25, 0.3) is 0 Å². The number of ether oxygens (including phenoxy) is 1. The number of rotatable bonds is 6. The fourth-order valence-electron chi connectivity index (χ4n) is 2.02. The number of benzene rings is 2. The number of halogens is 1. The number of nitrogens with two attached hydrogens (primary N) is 1. The van der Waals surface area contributed by atoms with Gasteiger partial charge in [-0.15, -0.1) is 0 Å². The fourth-order valence-corrected chi connectivity index (χ4v) is 2.30. The summed E-state index contributed by atoms with van der Waals surface area (Å²) in [5.74, 6) is -0.936. The zero-order chi connectivity index (χ0) is 15.2. The number of carboxylic acids is 1. The van der Waals surface area contributed by atoms with Crippen molar-refractivity contribution < 1.29 is 14.6 Å². The maximum absolute atomic E-state index is 11.2. The molecule has 0 aliphatic rings. The second kappa shape index (κ2) is 6.99. The summed E-state index contributed by atoms with van der Waals surface area (Å²) in [7, 11) is 0. The lowest BCUT2D eigenvalue weighted by molar-refractivity contribution is 0.0692. The zero-order valence-electron chi connectivity index (χ0n) is 11.4. The minimum absolute atomic E-state index is 0.0142. The standard InChI is InChI=1S/C16H16ClNO3/c17-14-10-12(18)9-13(16(19)20)15(14)21-8-4-7-11-5-2-1-3-6-11/h1-3,5-6,9-10H,4,7-8,18H2,(H,19,20). The molecule has 2 rings (SSSR count). The summed E-state index contributed by atoms with van der Waals surface area (Å²) in [6, 6.07) is 12.8. The molecule has 0 atom stereocenters. The van der Waals surface area contributed by atoms with E-state index in [0.29, 0.717) is 12.3 Å². The molecule has 0 amide bonds. The van der Waals surface area contributed by atoms with Crippen molar-refractivity contribution in [3.05, 3.63) is 58.6 Å². The molecule has 2 aromatic carbocycles. The summed E-state index contributed by atoms with van der Waals surface area (Å²) < 4.78 is 5.54. The Kier molecular flexibility index (Phi) is 5.06. The summed E-state index contributed by atoms with van der Waals surface area (Å²) in [4.78, 5) is 11.2. The molecule has 0 unspecified atom stereocenters. The van der Waals surface area contributed by atoms with E-state index in [9.17, 15) is 4.79 Å². The highest BCUT2D eigenvalue weighted by molar-refractivity contribution is 6.33. The molecule has 0 aliphatic carbocycles. The summed E-state index contributed by atoms with van der Waals surface area (Å²) in [6.45, 7) is 0.388. The SMILES string of the molecule is Nc1cc(Cl)c(OCCCc2ccccc2)c(C(=O)O)c1. The molecule has 0 fully saturated rings. The van der Waals surface area contributed by atoms with E-state index in [4.69, 9.17) is 27.2 Å². The quantitative estimate of drug-likeness (QED) is 0.631. The van der Waals surface area contributed by atoms with Gasteiger partial charge in [0, 0.05) is 5.69 Å². The van der Waals surface area contributed by atoms with E-state index >= 15 is 0 Å². The predicted molar refractivity (Wildman–Crippen MR) is 83.1 cm³/mol. The van der Waals surface area contributed by atoms with Crippen molar-refractivity contribution >= 4 is 23.3 Å². The highest BCUT2D eigenvalue weighted by Gasteiger charge is 2.16. The highest BCUT2D eigenvalue weighted by Crippen LogP contribution is 2.31. The van der Waals surface area contributed by atoms with E-state index in [2.05, 4.69) is 0 Å². The summed E-state index contributed by atoms with van der Waals surface area (Å²) in [6.07, 6.45) is 1.62. The zero-order valence-corrected chi connectivity index (χ0v) is 12.1. The Bertz CT molecular complexity index is 629. The van der Waals surface area contributed by atoms with Crippen LogP contribution in [0.2, 0.25) is 5.02 Å². The lowest BCUT2D eigenvalue weighted by atomic mass is 10.1. The van der Waals surface area contributed by atoms with Crippen molar-refractivity contribution in [2.45, 2.75) is 12.8 Å². The summed E-state index contributed by atoms with van der Waals surface area (Å²) in [5.41, 5.74) is 7.09. The molecule has 0 radical (unpaired) electrons. The monoisotopic (exact) mass is 305 g/mol. The van der Waals surface area contributed by atoms with Crippen LogP contribution in [0.3, 0.4) is 0 Å². The second-order valence-corrected chi connectivity index (χ2v) is 5.03. The topological polar surface area (TPSA) is 72.5 Å². The number of carbonyl (C=O) groups is 1. The number of hydrogen-bond donors (Lipinski definition) is 2. The van der Waals surface area contributed by atoms with Crippen molar-refractivity contribution in [3.8, 4) is 5.75 Å². The summed E-state index contributed by atoms with van der Waals surface area (Å²) >= 11 is 6.01. The van der Waals surface area contributed by atoms with E-state index in [1.165, 1.54) is 17.7 Å². The normalized spacial score (nSPS) is 10.3. The van der Waals surface area contributed by atoms with Gasteiger partial charge in [-0.25, -0.2) is 4.79 Å². The van der Waals surface area contributed by atoms with Crippen LogP contribution < -0.4 is 10.5 Å². The molecule has 4 nitrogen and oxygen atoms in total. The molecule has 110 valence electrons. The Hall–Kier alpha value is -2.20. The van der Waals surface area contributed by atoms with E-state index in [1.54, 1.807) is 0 Å². The van der Waals surface area contributed by atoms with Crippen LogP contribution in [0, 0.1) is 0 Å². The van der Waals surface area contributed by atoms with Crippen LogP contribution in [-0.4, -0.2) is 17.7 Å². The molecule has 0 aromatic heterocycles. The third-order valence-electron chi connectivity index (χ3n) is 3.00. The number of hydrogen-bond acceptors (Lipinski definition) is 3. The highest BCUT2D eigenvalue weighted by atomic mass is 35.5. The van der Waals surface area contributed by atoms with E-state index in [-0.39, 0.29) is 16.3 Å². The van der Waals surface area contributed by atoms with Crippen LogP contribution >= 0.6 is 11.6 Å². The average molecular weight is 306 g/mol. The van der Waals surface area contributed by atoms with Crippen LogP contribution in [-0.2, 0) is 6.42 Å². The lowest BCUT2D eigenvalue weighted by Crippen LogP contribution is -2.07. The van der Waals surface area contributed by atoms with Crippen LogP contribution in [0.25, 0.3) is 0 Å². The van der Waals surface area contributed by atoms with Crippen molar-refractivity contribution in [1.29, 1.82) is 0 Å². The molecule has 2 aromatic rings. The first-order valence-electron chi connectivity index (χ1n) is 6.57. The molecular formula is C16H16ClNO3. The summed E-state index contributed by atoms with van der Waals surface area (Å²) in [5, 5.41) is 9.37. The Morgan fingerprint density at radius 1 is 1.24 bits per heavy atom. The number of aromatic carboxylic acids is 1. The van der Waals surface area contributed by atoms with Gasteiger partial charge >= 0.3 is 5.97 Å². The molecule has 0 spiro atoms. The Morgan fingerprint density at radius 3 is 2.62 bits per heavy atom. The van der Waals surface area contributed by atoms with Crippen LogP contribution in [0.4, 0.5) is 5.69 Å². The van der Waals surface area contributed by atoms with Gasteiger partial charge in [-0.1, -0.05) is 41.9 Å². The second-order valence-electron chi connectivity index (χ2n) is 4.62. The molecule has 0 bridgehead atoms. The molecule has 0 saturated heterocycles. The lowest BCUT2D eigenvalue weighted by Gasteiger charge is -2.12. The maximum atomic E-state index is 11.2. The van der Waals surface area contributed by atoms with E-state index in [0.717, 1.165) is 12.8 Å². The molecule has 5 heteroatoms. The van der Waals surface area contributed by atoms with Gasteiger partial charge in [-0.2, -0.15) is 0 Å². The Morgan fingerprint density at radius 2 is 1.95 bits per heavy atom. The molecule has 3 N–H and O–H groups in total. The number of nitrogen functional groups attached to an aromatic ring is 1. The molecule has 0 aliphatic heterocycles. The molecule has 0 saturated carbocycles. The van der Waals surface area contributed by atoms with Crippen LogP contribution in [0.5, 0.6) is 5.75 Å². The smallest absolute Gasteiger partial charge is 0.339 e. The van der Waals surface area contributed by atoms with Crippen LogP contribution in [0.15, 0.2) is 42.5 Å². The van der Waals surface area contributed by atoms with Gasteiger partial charge < -0.3 is 15.6 Å². The molecular weight excluding hydrogens is 290 g/mol. The van der Waals surface area contributed by atoms with Crippen molar-refractivity contribution in [1.82, 2.24) is 0 Å². The van der Waals surface area contributed by atoms with Crippen molar-refractivity contribution in [2.24, 2.45) is 0 Å². The number of aryl methyl sites for hydroxylation is 1. The third-order valence-corrected chi connectivity index (χ3v) is 3.28. The number of carboxylic acid groups (broad SMARTS) is 1. The molecule has 21 heavy (non-hydrogen) atoms. The first-order chi connectivity index (χ1) is 10.1. The van der Waals surface area contributed by atoms with Gasteiger partial charge in [0.1, 0.15) is 5.56 Å². The minimum Gasteiger partial charge on any atom is -0.491 e. The van der Waals surface area contributed by atoms with Crippen molar-refractivity contribution in [3.63, 3.8) is 0 Å². The van der Waals surface area contributed by atoms with Crippen molar-refractivity contribution in [2.75, 3.05) is 12.3 Å². The Labute approximate surface area is 128 Å². The fraction of sp³-hybridized carbons (Fsp3) is 0.188. The minimum atomic E-state index is -1.11. The van der Waals surface area contributed by atoms with Gasteiger partial charge in [-0.3, -0.25) is 0 Å². The van der Waals surface area contributed by atoms with E-state index < -0.39 is 5.97 Å². The van der Waals surface area contributed by atoms with Gasteiger partial charge in [0.2, 0.25) is 0 Å². The van der Waals surface area contributed by atoms with Gasteiger partial charge in [0.05, 0.1) is 11.6 Å². The average Bonchev–Trinajstić information content (AvgIpc) is 2.45.